The monoisotopic (exact) mass is 724 g/mol. The number of carbonyl (C=O) groups excluding carboxylic acids is 2. The van der Waals surface area contributed by atoms with Gasteiger partial charge in [0.25, 0.3) is 0 Å². The van der Waals surface area contributed by atoms with E-state index < -0.39 is 47.7 Å². The van der Waals surface area contributed by atoms with Crippen LogP contribution in [0, 0.1) is 5.92 Å². The molecule has 4 atom stereocenters. The summed E-state index contributed by atoms with van der Waals surface area (Å²) < 4.78 is 35.6. The summed E-state index contributed by atoms with van der Waals surface area (Å²) in [4.78, 5) is 55.2. The zero-order chi connectivity index (χ0) is 36.7. The summed E-state index contributed by atoms with van der Waals surface area (Å²) in [5.74, 6) is -2.09. The fraction of sp³-hybridized carbons (Fsp3) is 0.500. The normalized spacial score (nSPS) is 22.5. The molecule has 2 aliphatic rings. The van der Waals surface area contributed by atoms with E-state index in [0.717, 1.165) is 0 Å². The molecule has 6 rings (SSSR count). The number of hydrogen-bond acceptors (Lipinski definition) is 11. The van der Waals surface area contributed by atoms with Crippen LogP contribution in [-0.2, 0) is 31.2 Å². The molecule has 15 heteroatoms. The highest BCUT2D eigenvalue weighted by atomic mass is 35.5. The van der Waals surface area contributed by atoms with E-state index in [4.69, 9.17) is 31.2 Å². The van der Waals surface area contributed by atoms with Crippen LogP contribution in [-0.4, -0.2) is 86.7 Å². The Morgan fingerprint density at radius 3 is 2.67 bits per heavy atom. The Kier molecular flexibility index (Phi) is 10.1. The standard InChI is InChI=1S/C36H42ClFN6O7/c1-20-18-43(28(45)10-7-12-39)13-11-36(20,38)24-14-21(37)17-40-33(24)49-22-15-25(34(48)51-35(2,3)4)44(19-22)32-31-30(41-27(42-32)16-29(46)47)23-8-5-6-9-26(23)50-31/h5-6,8-9,14,17,20,22,25H,7,10-13,15-16,18-19,39H2,1-4H3,(H,46,47)/t20-,22-,25-,36+/m0/s1. The number of carbonyl (C=O) groups is 3. The maximum atomic E-state index is 17.2. The van der Waals surface area contributed by atoms with Gasteiger partial charge in [-0.3, -0.25) is 9.59 Å². The lowest BCUT2D eigenvalue weighted by molar-refractivity contribution is -0.156. The molecule has 2 fully saturated rings. The topological polar surface area (TPSA) is 174 Å². The number of likely N-dealkylation sites (tertiary alicyclic amines) is 1. The summed E-state index contributed by atoms with van der Waals surface area (Å²) in [5, 5.41) is 10.5. The molecule has 13 nitrogen and oxygen atoms in total. The maximum Gasteiger partial charge on any atom is 0.329 e. The van der Waals surface area contributed by atoms with Gasteiger partial charge in [0.2, 0.25) is 11.8 Å². The van der Waals surface area contributed by atoms with Gasteiger partial charge in [-0.2, -0.15) is 0 Å². The van der Waals surface area contributed by atoms with E-state index in [9.17, 15) is 19.5 Å². The smallest absolute Gasteiger partial charge is 0.329 e. The number of carboxylic acids is 1. The molecule has 3 N–H and O–H groups in total. The Labute approximate surface area is 299 Å². The van der Waals surface area contributed by atoms with Crippen molar-refractivity contribution in [1.82, 2.24) is 19.9 Å². The fourth-order valence-electron chi connectivity index (χ4n) is 6.87. The number of rotatable bonds is 10. The second kappa shape index (κ2) is 14.2. The molecule has 2 aliphatic heterocycles. The van der Waals surface area contributed by atoms with E-state index >= 15 is 4.39 Å². The molecule has 0 bridgehead atoms. The van der Waals surface area contributed by atoms with Crippen LogP contribution < -0.4 is 15.4 Å². The van der Waals surface area contributed by atoms with Gasteiger partial charge in [0.05, 0.1) is 17.1 Å². The van der Waals surface area contributed by atoms with E-state index in [1.807, 2.05) is 12.1 Å². The highest BCUT2D eigenvalue weighted by Crippen LogP contribution is 2.46. The minimum absolute atomic E-state index is 0.00949. The number of benzene rings is 1. The third-order valence-corrected chi connectivity index (χ3v) is 9.49. The number of esters is 1. The number of nitrogens with zero attached hydrogens (tertiary/aromatic N) is 5. The van der Waals surface area contributed by atoms with Crippen LogP contribution >= 0.6 is 11.6 Å². The molecule has 4 aromatic rings. The summed E-state index contributed by atoms with van der Waals surface area (Å²) in [5.41, 5.74) is 4.20. The summed E-state index contributed by atoms with van der Waals surface area (Å²) in [6, 6.07) is 7.77. The van der Waals surface area contributed by atoms with Crippen molar-refractivity contribution in [2.24, 2.45) is 11.7 Å². The first-order chi connectivity index (χ1) is 24.2. The molecular weight excluding hydrogens is 683 g/mol. The van der Waals surface area contributed by atoms with Crippen molar-refractivity contribution in [2.75, 3.05) is 31.1 Å². The Morgan fingerprint density at radius 2 is 1.96 bits per heavy atom. The van der Waals surface area contributed by atoms with Gasteiger partial charge in [0.1, 0.15) is 46.8 Å². The molecule has 0 saturated carbocycles. The third-order valence-electron chi connectivity index (χ3n) is 9.28. The Hall–Kier alpha value is -4.56. The number of ether oxygens (including phenoxy) is 2. The number of aromatic nitrogens is 3. The molecular formula is C36H42ClFN6O7. The zero-order valence-electron chi connectivity index (χ0n) is 29.0. The first kappa shape index (κ1) is 36.2. The average molecular weight is 725 g/mol. The van der Waals surface area contributed by atoms with Crippen LogP contribution in [0.1, 0.15) is 64.8 Å². The van der Waals surface area contributed by atoms with Crippen molar-refractivity contribution >= 4 is 57.3 Å². The average Bonchev–Trinajstić information content (AvgIpc) is 3.66. The van der Waals surface area contributed by atoms with Gasteiger partial charge in [-0.1, -0.05) is 30.7 Å². The summed E-state index contributed by atoms with van der Waals surface area (Å²) in [7, 11) is 0. The van der Waals surface area contributed by atoms with Crippen LogP contribution in [0.25, 0.3) is 22.1 Å². The van der Waals surface area contributed by atoms with Gasteiger partial charge < -0.3 is 34.5 Å². The number of halogens is 2. The number of para-hydroxylation sites is 1. The molecule has 3 aromatic heterocycles. The van der Waals surface area contributed by atoms with Gasteiger partial charge in [0.15, 0.2) is 11.4 Å². The fourth-order valence-corrected chi connectivity index (χ4v) is 7.02. The van der Waals surface area contributed by atoms with Gasteiger partial charge in [0, 0.05) is 49.9 Å². The van der Waals surface area contributed by atoms with Crippen molar-refractivity contribution in [3.05, 3.63) is 52.9 Å². The lowest BCUT2D eigenvalue weighted by Crippen LogP contribution is -2.49. The van der Waals surface area contributed by atoms with Crippen molar-refractivity contribution in [3.63, 3.8) is 0 Å². The molecule has 1 amide bonds. The first-order valence-electron chi connectivity index (χ1n) is 17.1. The minimum Gasteiger partial charge on any atom is -0.481 e. The molecule has 0 unspecified atom stereocenters. The number of hydrogen-bond donors (Lipinski definition) is 2. The molecule has 2 saturated heterocycles. The number of furan rings is 1. The number of piperidine rings is 1. The van der Waals surface area contributed by atoms with E-state index in [0.29, 0.717) is 35.9 Å². The van der Waals surface area contributed by atoms with Crippen molar-refractivity contribution < 1.29 is 37.8 Å². The lowest BCUT2D eigenvalue weighted by Gasteiger charge is -2.42. The highest BCUT2D eigenvalue weighted by molar-refractivity contribution is 6.30. The quantitative estimate of drug-likeness (QED) is 0.205. The maximum absolute atomic E-state index is 17.2. The molecule has 0 aliphatic carbocycles. The molecule has 1 aromatic carbocycles. The largest absolute Gasteiger partial charge is 0.481 e. The first-order valence-corrected chi connectivity index (χ1v) is 17.4. The van der Waals surface area contributed by atoms with E-state index in [-0.39, 0.29) is 72.1 Å². The number of anilines is 1. The highest BCUT2D eigenvalue weighted by Gasteiger charge is 2.48. The van der Waals surface area contributed by atoms with Crippen LogP contribution in [0.2, 0.25) is 5.02 Å². The third kappa shape index (κ3) is 7.57. The second-order valence-corrected chi connectivity index (χ2v) is 14.7. The number of fused-ring (bicyclic) bond motifs is 3. The van der Waals surface area contributed by atoms with E-state index in [1.165, 1.54) is 12.3 Å². The summed E-state index contributed by atoms with van der Waals surface area (Å²) in [6.45, 7) is 7.88. The summed E-state index contributed by atoms with van der Waals surface area (Å²) >= 11 is 6.37. The number of aliphatic carboxylic acids is 1. The molecule has 272 valence electrons. The van der Waals surface area contributed by atoms with Crippen LogP contribution in [0.4, 0.5) is 10.2 Å². The van der Waals surface area contributed by atoms with Gasteiger partial charge in [-0.05, 0) is 51.9 Å². The van der Waals surface area contributed by atoms with Crippen molar-refractivity contribution in [2.45, 2.75) is 83.2 Å². The Morgan fingerprint density at radius 1 is 1.20 bits per heavy atom. The van der Waals surface area contributed by atoms with Crippen LogP contribution in [0.3, 0.4) is 0 Å². The van der Waals surface area contributed by atoms with Gasteiger partial charge in [-0.25, -0.2) is 24.1 Å². The van der Waals surface area contributed by atoms with Crippen LogP contribution in [0.15, 0.2) is 40.9 Å². The van der Waals surface area contributed by atoms with Gasteiger partial charge >= 0.3 is 11.9 Å². The number of alkyl halides is 1. The Balaban J connectivity index is 1.36. The van der Waals surface area contributed by atoms with Crippen molar-refractivity contribution in [1.29, 1.82) is 0 Å². The predicted octanol–water partition coefficient (Wildman–Crippen LogP) is 5.19. The molecule has 0 spiro atoms. The lowest BCUT2D eigenvalue weighted by atomic mass is 9.78. The number of carboxylic acid groups (broad SMARTS) is 1. The van der Waals surface area contributed by atoms with Crippen LogP contribution in [0.5, 0.6) is 5.88 Å². The molecule has 5 heterocycles. The van der Waals surface area contributed by atoms with Crippen molar-refractivity contribution in [3.8, 4) is 5.88 Å². The number of pyridine rings is 1. The minimum atomic E-state index is -1.92. The second-order valence-electron chi connectivity index (χ2n) is 14.2. The zero-order valence-corrected chi connectivity index (χ0v) is 29.8. The number of nitrogens with two attached hydrogens (primary N) is 1. The summed E-state index contributed by atoms with van der Waals surface area (Å²) in [6.07, 6.45) is 1.17. The SMILES string of the molecule is C[C@H]1CN(C(=O)CCCN)CC[C@]1(F)c1cc(Cl)cnc1O[C@H]1C[C@@H](C(=O)OC(C)(C)C)N(c2nc(CC(=O)O)nc3c2oc2ccccc23)C1. The number of amides is 1. The van der Waals surface area contributed by atoms with Gasteiger partial charge in [-0.15, -0.1) is 0 Å². The molecule has 0 radical (unpaired) electrons. The molecule has 51 heavy (non-hydrogen) atoms. The Bertz CT molecular complexity index is 1970. The van der Waals surface area contributed by atoms with E-state index in [2.05, 4.69) is 15.0 Å². The predicted molar refractivity (Wildman–Crippen MR) is 187 cm³/mol. The van der Waals surface area contributed by atoms with E-state index in [1.54, 1.807) is 49.6 Å².